The Morgan fingerprint density at radius 1 is 1.29 bits per heavy atom. The van der Waals surface area contributed by atoms with Crippen molar-refractivity contribution in [2.75, 3.05) is 33.2 Å². The predicted molar refractivity (Wildman–Crippen MR) is 108 cm³/mol. The Kier molecular flexibility index (Phi) is 6.62. The minimum Gasteiger partial charge on any atom is -0.341 e. The largest absolute Gasteiger partial charge is 0.341 e. The summed E-state index contributed by atoms with van der Waals surface area (Å²) in [6.45, 7) is 5.40. The summed E-state index contributed by atoms with van der Waals surface area (Å²) >= 11 is 0. The molecular weight excluding hydrogens is 357 g/mol. The van der Waals surface area contributed by atoms with Crippen LogP contribution in [0.5, 0.6) is 0 Å². The molecule has 0 spiro atoms. The number of hydrogen-bond donors (Lipinski definition) is 1. The van der Waals surface area contributed by atoms with Crippen molar-refractivity contribution in [1.29, 1.82) is 0 Å². The van der Waals surface area contributed by atoms with Crippen LogP contribution in [0, 0.1) is 18.7 Å². The van der Waals surface area contributed by atoms with Crippen LogP contribution in [0.1, 0.15) is 34.5 Å². The maximum Gasteiger partial charge on any atom is 0.253 e. The van der Waals surface area contributed by atoms with Gasteiger partial charge in [-0.2, -0.15) is 0 Å². The molecule has 1 fully saturated rings. The Morgan fingerprint density at radius 2 is 2.04 bits per heavy atom. The van der Waals surface area contributed by atoms with Gasteiger partial charge in [0.25, 0.3) is 5.91 Å². The Bertz CT molecular complexity index is 863. The van der Waals surface area contributed by atoms with Crippen molar-refractivity contribution < 1.29 is 9.18 Å². The summed E-state index contributed by atoms with van der Waals surface area (Å²) < 4.78 is 13.0. The number of amides is 1. The number of H-pyrrole nitrogens is 1. The molecule has 1 N–H and O–H groups in total. The van der Waals surface area contributed by atoms with Gasteiger partial charge in [-0.3, -0.25) is 9.59 Å². The number of piperidine rings is 1. The molecule has 28 heavy (non-hydrogen) atoms. The quantitative estimate of drug-likeness (QED) is 0.832. The van der Waals surface area contributed by atoms with Crippen molar-refractivity contribution in [1.82, 2.24) is 14.8 Å². The van der Waals surface area contributed by atoms with Crippen molar-refractivity contribution in [3.63, 3.8) is 0 Å². The lowest BCUT2D eigenvalue weighted by atomic mass is 9.96. The van der Waals surface area contributed by atoms with Gasteiger partial charge in [0.1, 0.15) is 5.82 Å². The minimum atomic E-state index is -0.249. The highest BCUT2D eigenvalue weighted by Gasteiger charge is 2.23. The Morgan fingerprint density at radius 3 is 2.75 bits per heavy atom. The van der Waals surface area contributed by atoms with Gasteiger partial charge in [0.2, 0.25) is 5.56 Å². The van der Waals surface area contributed by atoms with E-state index in [1.807, 2.05) is 12.1 Å². The highest BCUT2D eigenvalue weighted by atomic mass is 19.1. The second kappa shape index (κ2) is 9.15. The number of pyridine rings is 1. The molecule has 1 aromatic heterocycles. The monoisotopic (exact) mass is 385 g/mol. The zero-order valence-electron chi connectivity index (χ0n) is 16.6. The minimum absolute atomic E-state index is 0.113. The van der Waals surface area contributed by atoms with E-state index >= 15 is 0 Å². The molecule has 5 nitrogen and oxygen atoms in total. The smallest absolute Gasteiger partial charge is 0.253 e. The number of carbonyl (C=O) groups is 1. The van der Waals surface area contributed by atoms with E-state index in [-0.39, 0.29) is 17.3 Å². The molecule has 2 aromatic rings. The molecule has 150 valence electrons. The van der Waals surface area contributed by atoms with Crippen LogP contribution in [0.4, 0.5) is 4.39 Å². The van der Waals surface area contributed by atoms with Crippen LogP contribution in [0.15, 0.2) is 41.2 Å². The van der Waals surface area contributed by atoms with E-state index in [1.54, 1.807) is 24.9 Å². The van der Waals surface area contributed by atoms with E-state index in [0.29, 0.717) is 23.7 Å². The van der Waals surface area contributed by atoms with Crippen LogP contribution in [0.3, 0.4) is 0 Å². The molecule has 3 rings (SSSR count). The second-order valence-corrected chi connectivity index (χ2v) is 7.79. The summed E-state index contributed by atoms with van der Waals surface area (Å²) in [7, 11) is 1.80. The number of aromatic nitrogens is 1. The molecule has 1 aliphatic heterocycles. The van der Waals surface area contributed by atoms with Crippen LogP contribution < -0.4 is 5.56 Å². The Hall–Kier alpha value is -2.47. The molecule has 1 atom stereocenters. The normalized spacial score (nSPS) is 17.5. The number of aromatic amines is 1. The van der Waals surface area contributed by atoms with Crippen molar-refractivity contribution in [3.8, 4) is 0 Å². The number of benzene rings is 1. The zero-order valence-corrected chi connectivity index (χ0v) is 16.6. The number of nitrogens with one attached hydrogen (secondary N) is 1. The van der Waals surface area contributed by atoms with Crippen molar-refractivity contribution in [3.05, 3.63) is 69.4 Å². The average molecular weight is 385 g/mol. The molecule has 6 heteroatoms. The van der Waals surface area contributed by atoms with Crippen LogP contribution >= 0.6 is 0 Å². The van der Waals surface area contributed by atoms with E-state index in [2.05, 4.69) is 9.88 Å². The molecule has 0 radical (unpaired) electrons. The third-order valence-electron chi connectivity index (χ3n) is 5.34. The molecule has 2 heterocycles. The highest BCUT2D eigenvalue weighted by molar-refractivity contribution is 5.94. The molecule has 1 saturated heterocycles. The summed E-state index contributed by atoms with van der Waals surface area (Å²) in [5, 5.41) is 0. The Balaban J connectivity index is 1.52. The predicted octanol–water partition coefficient (Wildman–Crippen LogP) is 2.85. The van der Waals surface area contributed by atoms with Crippen molar-refractivity contribution in [2.24, 2.45) is 5.92 Å². The summed E-state index contributed by atoms with van der Waals surface area (Å²) in [5.74, 6) is 0.0988. The first-order valence-corrected chi connectivity index (χ1v) is 9.84. The van der Waals surface area contributed by atoms with Gasteiger partial charge >= 0.3 is 0 Å². The van der Waals surface area contributed by atoms with Crippen LogP contribution in [-0.4, -0.2) is 53.9 Å². The van der Waals surface area contributed by atoms with Gasteiger partial charge < -0.3 is 14.8 Å². The van der Waals surface area contributed by atoms with Crippen LogP contribution in [-0.2, 0) is 6.42 Å². The van der Waals surface area contributed by atoms with Gasteiger partial charge in [-0.05, 0) is 62.4 Å². The van der Waals surface area contributed by atoms with Gasteiger partial charge in [-0.15, -0.1) is 0 Å². The summed E-state index contributed by atoms with van der Waals surface area (Å²) in [6, 6.07) is 9.77. The molecule has 1 aromatic carbocycles. The van der Waals surface area contributed by atoms with Gasteiger partial charge in [0, 0.05) is 44.0 Å². The summed E-state index contributed by atoms with van der Waals surface area (Å²) in [4.78, 5) is 31.1. The van der Waals surface area contributed by atoms with E-state index in [9.17, 15) is 14.0 Å². The third kappa shape index (κ3) is 5.52. The topological polar surface area (TPSA) is 56.4 Å². The van der Waals surface area contributed by atoms with Gasteiger partial charge in [-0.25, -0.2) is 4.39 Å². The van der Waals surface area contributed by atoms with E-state index in [4.69, 9.17) is 0 Å². The van der Waals surface area contributed by atoms with Gasteiger partial charge in [-0.1, -0.05) is 12.1 Å². The summed E-state index contributed by atoms with van der Waals surface area (Å²) in [6.07, 6.45) is 3.10. The van der Waals surface area contributed by atoms with E-state index in [1.165, 1.54) is 18.2 Å². The lowest BCUT2D eigenvalue weighted by molar-refractivity contribution is 0.0730. The fourth-order valence-corrected chi connectivity index (χ4v) is 3.94. The fraction of sp³-hybridized carbons (Fsp3) is 0.455. The van der Waals surface area contributed by atoms with Crippen molar-refractivity contribution >= 4 is 5.91 Å². The van der Waals surface area contributed by atoms with Gasteiger partial charge in [0.05, 0.1) is 0 Å². The third-order valence-corrected chi connectivity index (χ3v) is 5.34. The first-order valence-electron chi connectivity index (χ1n) is 9.84. The van der Waals surface area contributed by atoms with E-state index in [0.717, 1.165) is 44.5 Å². The van der Waals surface area contributed by atoms with Crippen LogP contribution in [0.2, 0.25) is 0 Å². The fourth-order valence-electron chi connectivity index (χ4n) is 3.94. The maximum absolute atomic E-state index is 13.0. The number of carbonyl (C=O) groups excluding carboxylic acids is 1. The van der Waals surface area contributed by atoms with Crippen LogP contribution in [0.25, 0.3) is 0 Å². The standard InChI is InChI=1S/C22H28FN3O2/c1-16-12-19(13-21(27)24-16)22(28)25(2)14-18-4-3-10-26(15-18)11-9-17-5-7-20(23)8-6-17/h5-8,12-13,18H,3-4,9-11,14-15H2,1-2H3,(H,24,27)/t18-/m1/s1. The maximum atomic E-state index is 13.0. The molecule has 0 aliphatic carbocycles. The SMILES string of the molecule is Cc1cc(C(=O)N(C)C[C@H]2CCCN(CCc3ccc(F)cc3)C2)cc(=O)[nH]1. The Labute approximate surface area is 165 Å². The number of aryl methyl sites for hydroxylation is 1. The lowest BCUT2D eigenvalue weighted by Gasteiger charge is -2.34. The number of rotatable bonds is 6. The summed E-state index contributed by atoms with van der Waals surface area (Å²) in [5.41, 5.74) is 2.02. The molecule has 1 amide bonds. The lowest BCUT2D eigenvalue weighted by Crippen LogP contribution is -2.42. The van der Waals surface area contributed by atoms with E-state index < -0.39 is 0 Å². The first-order chi connectivity index (χ1) is 13.4. The first kappa shape index (κ1) is 20.3. The molecular formula is C22H28FN3O2. The van der Waals surface area contributed by atoms with Crippen molar-refractivity contribution in [2.45, 2.75) is 26.2 Å². The zero-order chi connectivity index (χ0) is 20.1. The number of likely N-dealkylation sites (tertiary alicyclic amines) is 1. The number of hydrogen-bond acceptors (Lipinski definition) is 3. The van der Waals surface area contributed by atoms with Gasteiger partial charge in [0.15, 0.2) is 0 Å². The highest BCUT2D eigenvalue weighted by Crippen LogP contribution is 2.19. The average Bonchev–Trinajstić information content (AvgIpc) is 2.66. The molecule has 0 bridgehead atoms. The molecule has 0 unspecified atom stereocenters. The number of nitrogens with zero attached hydrogens (tertiary/aromatic N) is 2. The second-order valence-electron chi connectivity index (χ2n) is 7.79. The molecule has 0 saturated carbocycles. The number of halogens is 1. The molecule has 1 aliphatic rings.